The molecule has 0 aliphatic carbocycles. The molecule has 1 unspecified atom stereocenters. The van der Waals surface area contributed by atoms with Gasteiger partial charge >= 0.3 is 0 Å². The summed E-state index contributed by atoms with van der Waals surface area (Å²) in [6.07, 6.45) is 0.848. The molecule has 0 aromatic heterocycles. The zero-order chi connectivity index (χ0) is 14.8. The fraction of sp³-hybridized carbons (Fsp3) is 0.533. The third-order valence-corrected chi connectivity index (χ3v) is 4.28. The van der Waals surface area contributed by atoms with Gasteiger partial charge in [0.25, 0.3) is 0 Å². The summed E-state index contributed by atoms with van der Waals surface area (Å²) >= 11 is 6.38. The molecule has 1 aromatic carbocycles. The van der Waals surface area contributed by atoms with Crippen LogP contribution in [0.1, 0.15) is 18.9 Å². The molecule has 0 spiro atoms. The van der Waals surface area contributed by atoms with E-state index in [0.717, 1.165) is 35.8 Å². The van der Waals surface area contributed by atoms with E-state index < -0.39 is 0 Å². The van der Waals surface area contributed by atoms with Crippen LogP contribution in [0, 0.1) is 5.41 Å². The number of amides is 1. The van der Waals surface area contributed by atoms with Crippen LogP contribution in [0.5, 0.6) is 0 Å². The Labute approximate surface area is 125 Å². The highest BCUT2D eigenvalue weighted by Crippen LogP contribution is 2.36. The molecule has 0 saturated carbocycles. The molecule has 1 aliphatic heterocycles. The molecule has 1 saturated heterocycles. The van der Waals surface area contributed by atoms with Crippen molar-refractivity contribution >= 4 is 23.2 Å². The number of halogens is 1. The van der Waals surface area contributed by atoms with Crippen LogP contribution >= 0.6 is 11.6 Å². The van der Waals surface area contributed by atoms with Crippen LogP contribution in [0.4, 0.5) is 5.69 Å². The molecule has 110 valence electrons. The van der Waals surface area contributed by atoms with Gasteiger partial charge in [-0.25, -0.2) is 0 Å². The lowest BCUT2D eigenvalue weighted by molar-refractivity contribution is -0.128. The average Bonchev–Trinajstić information content (AvgIpc) is 2.82. The lowest BCUT2D eigenvalue weighted by atomic mass is 9.89. The summed E-state index contributed by atoms with van der Waals surface area (Å²) < 4.78 is 0. The summed E-state index contributed by atoms with van der Waals surface area (Å²) in [6, 6.07) is 6.11. The molecule has 1 heterocycles. The van der Waals surface area contributed by atoms with Crippen molar-refractivity contribution in [2.45, 2.75) is 19.9 Å². The van der Waals surface area contributed by atoms with Crippen molar-refractivity contribution in [1.29, 1.82) is 0 Å². The molecule has 1 aliphatic rings. The average molecular weight is 296 g/mol. The van der Waals surface area contributed by atoms with Gasteiger partial charge in [-0.3, -0.25) is 4.79 Å². The zero-order valence-corrected chi connectivity index (χ0v) is 13.0. The van der Waals surface area contributed by atoms with Gasteiger partial charge in [-0.15, -0.1) is 0 Å². The quantitative estimate of drug-likeness (QED) is 0.893. The number of hydrogen-bond acceptors (Lipinski definition) is 3. The van der Waals surface area contributed by atoms with Crippen LogP contribution in [0.3, 0.4) is 0 Å². The van der Waals surface area contributed by atoms with E-state index in [-0.39, 0.29) is 11.3 Å². The predicted octanol–water partition coefficient (Wildman–Crippen LogP) is 2.02. The maximum Gasteiger partial charge on any atom is 0.227 e. The molecular formula is C15H22ClN3O. The minimum Gasteiger partial charge on any atom is -0.369 e. The van der Waals surface area contributed by atoms with Gasteiger partial charge in [0.1, 0.15) is 0 Å². The minimum atomic E-state index is -0.332. The van der Waals surface area contributed by atoms with Gasteiger partial charge in [0.15, 0.2) is 0 Å². The first-order chi connectivity index (χ1) is 9.50. The third kappa shape index (κ3) is 2.91. The number of carbonyl (C=O) groups excluding carboxylic acids is 1. The van der Waals surface area contributed by atoms with Gasteiger partial charge in [0, 0.05) is 26.7 Å². The van der Waals surface area contributed by atoms with Gasteiger partial charge in [0.05, 0.1) is 16.1 Å². The second-order valence-electron chi connectivity index (χ2n) is 5.63. The molecule has 2 rings (SSSR count). The van der Waals surface area contributed by atoms with Crippen molar-refractivity contribution < 1.29 is 4.79 Å². The smallest absolute Gasteiger partial charge is 0.227 e. The van der Waals surface area contributed by atoms with Gasteiger partial charge < -0.3 is 15.5 Å². The van der Waals surface area contributed by atoms with Gasteiger partial charge in [-0.05, 0) is 38.1 Å². The maximum atomic E-state index is 12.0. The highest BCUT2D eigenvalue weighted by molar-refractivity contribution is 6.33. The SMILES string of the molecule is CNCc1ccc(N2CCC(C)(C(=O)NC)C2)c(Cl)c1. The molecule has 2 N–H and O–H groups in total. The largest absolute Gasteiger partial charge is 0.369 e. The van der Waals surface area contributed by atoms with E-state index in [9.17, 15) is 4.79 Å². The molecule has 4 nitrogen and oxygen atoms in total. The first-order valence-corrected chi connectivity index (χ1v) is 7.28. The number of nitrogens with one attached hydrogen (secondary N) is 2. The van der Waals surface area contributed by atoms with Crippen molar-refractivity contribution in [1.82, 2.24) is 10.6 Å². The van der Waals surface area contributed by atoms with E-state index in [1.165, 1.54) is 0 Å². The summed E-state index contributed by atoms with van der Waals surface area (Å²) in [5.74, 6) is 0.0999. The van der Waals surface area contributed by atoms with Crippen LogP contribution in [-0.2, 0) is 11.3 Å². The Morgan fingerprint density at radius 2 is 2.20 bits per heavy atom. The fourth-order valence-corrected chi connectivity index (χ4v) is 3.10. The highest BCUT2D eigenvalue weighted by Gasteiger charge is 2.40. The highest BCUT2D eigenvalue weighted by atomic mass is 35.5. The predicted molar refractivity (Wildman–Crippen MR) is 83.2 cm³/mol. The monoisotopic (exact) mass is 295 g/mol. The van der Waals surface area contributed by atoms with Crippen molar-refractivity contribution in [2.24, 2.45) is 5.41 Å². The Morgan fingerprint density at radius 3 is 2.80 bits per heavy atom. The lowest BCUT2D eigenvalue weighted by Gasteiger charge is -2.24. The number of carbonyl (C=O) groups is 1. The molecule has 1 fully saturated rings. The zero-order valence-electron chi connectivity index (χ0n) is 12.3. The standard InChI is InChI=1S/C15H22ClN3O/c1-15(14(20)18-3)6-7-19(10-15)13-5-4-11(9-17-2)8-12(13)16/h4-5,8,17H,6-7,9-10H2,1-3H3,(H,18,20). The van der Waals surface area contributed by atoms with Crippen molar-refractivity contribution in [3.05, 3.63) is 28.8 Å². The molecule has 20 heavy (non-hydrogen) atoms. The molecule has 1 amide bonds. The maximum absolute atomic E-state index is 12.0. The van der Waals surface area contributed by atoms with Crippen LogP contribution in [0.15, 0.2) is 18.2 Å². The minimum absolute atomic E-state index is 0.0999. The number of nitrogens with zero attached hydrogens (tertiary/aromatic N) is 1. The van der Waals surface area contributed by atoms with Crippen molar-refractivity contribution in [3.8, 4) is 0 Å². The molecule has 1 atom stereocenters. The number of hydrogen-bond donors (Lipinski definition) is 2. The number of rotatable bonds is 4. The molecule has 1 aromatic rings. The second-order valence-corrected chi connectivity index (χ2v) is 6.03. The number of benzene rings is 1. The topological polar surface area (TPSA) is 44.4 Å². The van der Waals surface area contributed by atoms with Crippen molar-refractivity contribution in [2.75, 3.05) is 32.1 Å². The summed E-state index contributed by atoms with van der Waals surface area (Å²) in [6.45, 7) is 4.37. The first-order valence-electron chi connectivity index (χ1n) is 6.90. The summed E-state index contributed by atoms with van der Waals surface area (Å²) in [5, 5.41) is 6.61. The van der Waals surface area contributed by atoms with E-state index in [1.54, 1.807) is 7.05 Å². The number of anilines is 1. The first kappa shape index (κ1) is 15.1. The fourth-order valence-electron chi connectivity index (χ4n) is 2.77. The molecular weight excluding hydrogens is 274 g/mol. The van der Waals surface area contributed by atoms with E-state index in [2.05, 4.69) is 21.6 Å². The van der Waals surface area contributed by atoms with Gasteiger partial charge in [0.2, 0.25) is 5.91 Å². The van der Waals surface area contributed by atoms with Crippen molar-refractivity contribution in [3.63, 3.8) is 0 Å². The Hall–Kier alpha value is -1.26. The van der Waals surface area contributed by atoms with Gasteiger partial charge in [-0.1, -0.05) is 17.7 Å². The van der Waals surface area contributed by atoms with Crippen LogP contribution in [-0.4, -0.2) is 33.1 Å². The lowest BCUT2D eigenvalue weighted by Crippen LogP contribution is -2.39. The normalized spacial score (nSPS) is 22.1. The molecule has 5 heteroatoms. The van der Waals surface area contributed by atoms with Crippen LogP contribution in [0.25, 0.3) is 0 Å². The van der Waals surface area contributed by atoms with Crippen LogP contribution in [0.2, 0.25) is 5.02 Å². The summed E-state index contributed by atoms with van der Waals surface area (Å²) in [5.41, 5.74) is 1.84. The Balaban J connectivity index is 2.16. The Kier molecular flexibility index (Phi) is 4.55. The summed E-state index contributed by atoms with van der Waals surface area (Å²) in [4.78, 5) is 14.2. The summed E-state index contributed by atoms with van der Waals surface area (Å²) in [7, 11) is 3.60. The second kappa shape index (κ2) is 6.02. The van der Waals surface area contributed by atoms with E-state index in [1.807, 2.05) is 26.1 Å². The van der Waals surface area contributed by atoms with Crippen LogP contribution < -0.4 is 15.5 Å². The molecule has 0 radical (unpaired) electrons. The molecule has 0 bridgehead atoms. The third-order valence-electron chi connectivity index (χ3n) is 3.98. The van der Waals surface area contributed by atoms with Gasteiger partial charge in [-0.2, -0.15) is 0 Å². The van der Waals surface area contributed by atoms with E-state index in [0.29, 0.717) is 6.54 Å². The van der Waals surface area contributed by atoms with E-state index >= 15 is 0 Å². The Bertz CT molecular complexity index is 506. The Morgan fingerprint density at radius 1 is 1.45 bits per heavy atom. The van der Waals surface area contributed by atoms with E-state index in [4.69, 9.17) is 11.6 Å².